The summed E-state index contributed by atoms with van der Waals surface area (Å²) in [5, 5.41) is 15.1. The van der Waals surface area contributed by atoms with E-state index < -0.39 is 0 Å². The molecule has 5 heteroatoms. The minimum atomic E-state index is 0.0282. The van der Waals surface area contributed by atoms with Crippen molar-refractivity contribution in [1.82, 2.24) is 15.5 Å². The molecule has 1 heterocycles. The molecule has 2 unspecified atom stereocenters. The second-order valence-electron chi connectivity index (χ2n) is 4.54. The molecule has 0 aromatic rings. The molecular formula is C11H23N3O2. The zero-order chi connectivity index (χ0) is 12.0. The molecule has 0 spiro atoms. The van der Waals surface area contributed by atoms with E-state index in [1.165, 1.54) is 0 Å². The third-order valence-corrected chi connectivity index (χ3v) is 3.11. The normalized spacial score (nSPS) is 21.4. The highest BCUT2D eigenvalue weighted by Crippen LogP contribution is 2.00. The van der Waals surface area contributed by atoms with Gasteiger partial charge >= 0.3 is 0 Å². The quantitative estimate of drug-likeness (QED) is 0.567. The Hall–Kier alpha value is -0.650. The SMILES string of the molecule is CC(CO)C(C)NC(=O)CN1CCNCC1. The largest absolute Gasteiger partial charge is 0.396 e. The summed E-state index contributed by atoms with van der Waals surface area (Å²) < 4.78 is 0. The minimum absolute atomic E-state index is 0.0282. The number of hydrogen-bond donors (Lipinski definition) is 3. The average Bonchev–Trinajstić information content (AvgIpc) is 2.29. The van der Waals surface area contributed by atoms with Crippen molar-refractivity contribution in [2.45, 2.75) is 19.9 Å². The molecule has 5 nitrogen and oxygen atoms in total. The molecule has 16 heavy (non-hydrogen) atoms. The maximum absolute atomic E-state index is 11.7. The molecule has 0 saturated carbocycles. The molecule has 1 amide bonds. The van der Waals surface area contributed by atoms with Crippen LogP contribution in [0, 0.1) is 5.92 Å². The first kappa shape index (κ1) is 13.4. The van der Waals surface area contributed by atoms with Crippen molar-refractivity contribution < 1.29 is 9.90 Å². The molecule has 2 atom stereocenters. The first-order valence-electron chi connectivity index (χ1n) is 5.96. The van der Waals surface area contributed by atoms with E-state index in [9.17, 15) is 4.79 Å². The van der Waals surface area contributed by atoms with Gasteiger partial charge in [0.25, 0.3) is 0 Å². The van der Waals surface area contributed by atoms with Crippen LogP contribution in [0.4, 0.5) is 0 Å². The van der Waals surface area contributed by atoms with Crippen LogP contribution >= 0.6 is 0 Å². The second kappa shape index (κ2) is 6.83. The number of piperazine rings is 1. The lowest BCUT2D eigenvalue weighted by Crippen LogP contribution is -2.49. The zero-order valence-electron chi connectivity index (χ0n) is 10.2. The van der Waals surface area contributed by atoms with Gasteiger partial charge in [0.1, 0.15) is 0 Å². The molecular weight excluding hydrogens is 206 g/mol. The van der Waals surface area contributed by atoms with E-state index in [1.807, 2.05) is 13.8 Å². The first-order valence-corrected chi connectivity index (χ1v) is 5.96. The molecule has 1 aliphatic rings. The summed E-state index contributed by atoms with van der Waals surface area (Å²) in [6.07, 6.45) is 0. The maximum atomic E-state index is 11.7. The molecule has 94 valence electrons. The van der Waals surface area contributed by atoms with Crippen molar-refractivity contribution in [3.05, 3.63) is 0 Å². The Kier molecular flexibility index (Phi) is 5.73. The van der Waals surface area contributed by atoms with Crippen LogP contribution < -0.4 is 10.6 Å². The fourth-order valence-electron chi connectivity index (χ4n) is 1.67. The van der Waals surface area contributed by atoms with Gasteiger partial charge in [-0.2, -0.15) is 0 Å². The fraction of sp³-hybridized carbons (Fsp3) is 0.909. The van der Waals surface area contributed by atoms with Crippen LogP contribution in [-0.2, 0) is 4.79 Å². The van der Waals surface area contributed by atoms with Crippen LogP contribution in [0.1, 0.15) is 13.8 Å². The van der Waals surface area contributed by atoms with E-state index in [-0.39, 0.29) is 24.5 Å². The van der Waals surface area contributed by atoms with Gasteiger partial charge in [0, 0.05) is 38.8 Å². The third kappa shape index (κ3) is 4.47. The molecule has 0 aromatic heterocycles. The Morgan fingerprint density at radius 3 is 2.62 bits per heavy atom. The van der Waals surface area contributed by atoms with E-state index in [2.05, 4.69) is 15.5 Å². The molecule has 0 radical (unpaired) electrons. The maximum Gasteiger partial charge on any atom is 0.234 e. The van der Waals surface area contributed by atoms with E-state index in [0.717, 1.165) is 26.2 Å². The number of aliphatic hydroxyl groups is 1. The van der Waals surface area contributed by atoms with Gasteiger partial charge in [0.2, 0.25) is 5.91 Å². The van der Waals surface area contributed by atoms with Gasteiger partial charge in [-0.05, 0) is 12.8 Å². The van der Waals surface area contributed by atoms with Crippen molar-refractivity contribution in [3.8, 4) is 0 Å². The minimum Gasteiger partial charge on any atom is -0.396 e. The van der Waals surface area contributed by atoms with Gasteiger partial charge in [0.15, 0.2) is 0 Å². The highest BCUT2D eigenvalue weighted by atomic mass is 16.3. The molecule has 1 aliphatic heterocycles. The van der Waals surface area contributed by atoms with Gasteiger partial charge in [0.05, 0.1) is 6.54 Å². The molecule has 0 bridgehead atoms. The summed E-state index contributed by atoms with van der Waals surface area (Å²) in [4.78, 5) is 13.8. The zero-order valence-corrected chi connectivity index (χ0v) is 10.2. The molecule has 1 saturated heterocycles. The van der Waals surface area contributed by atoms with Crippen LogP contribution in [0.25, 0.3) is 0 Å². The third-order valence-electron chi connectivity index (χ3n) is 3.11. The molecule has 0 aromatic carbocycles. The number of aliphatic hydroxyl groups excluding tert-OH is 1. The molecule has 3 N–H and O–H groups in total. The number of nitrogens with one attached hydrogen (secondary N) is 2. The van der Waals surface area contributed by atoms with Gasteiger partial charge < -0.3 is 15.7 Å². The lowest BCUT2D eigenvalue weighted by atomic mass is 10.1. The number of amides is 1. The highest BCUT2D eigenvalue weighted by Gasteiger charge is 2.17. The summed E-state index contributed by atoms with van der Waals surface area (Å²) in [5.74, 6) is 0.154. The van der Waals surface area contributed by atoms with Gasteiger partial charge in [-0.15, -0.1) is 0 Å². The van der Waals surface area contributed by atoms with Crippen molar-refractivity contribution in [1.29, 1.82) is 0 Å². The van der Waals surface area contributed by atoms with Crippen molar-refractivity contribution in [2.75, 3.05) is 39.3 Å². The Morgan fingerprint density at radius 1 is 1.44 bits per heavy atom. The van der Waals surface area contributed by atoms with Crippen LogP contribution in [0.2, 0.25) is 0 Å². The van der Waals surface area contributed by atoms with Gasteiger partial charge in [-0.25, -0.2) is 0 Å². The summed E-state index contributed by atoms with van der Waals surface area (Å²) in [6.45, 7) is 8.19. The topological polar surface area (TPSA) is 64.6 Å². The predicted molar refractivity (Wildman–Crippen MR) is 63.2 cm³/mol. The number of carbonyl (C=O) groups is 1. The molecule has 1 rings (SSSR count). The standard InChI is InChI=1S/C11H23N3O2/c1-9(8-15)10(2)13-11(16)7-14-5-3-12-4-6-14/h9-10,12,15H,3-8H2,1-2H3,(H,13,16). The number of carbonyl (C=O) groups excluding carboxylic acids is 1. The number of nitrogens with zero attached hydrogens (tertiary/aromatic N) is 1. The summed E-state index contributed by atoms with van der Waals surface area (Å²) in [6, 6.07) is 0.0282. The average molecular weight is 229 g/mol. The van der Waals surface area contributed by atoms with E-state index in [4.69, 9.17) is 5.11 Å². The Balaban J connectivity index is 2.23. The van der Waals surface area contributed by atoms with Crippen molar-refractivity contribution in [2.24, 2.45) is 5.92 Å². The van der Waals surface area contributed by atoms with Gasteiger partial charge in [-0.1, -0.05) is 6.92 Å². The van der Waals surface area contributed by atoms with Crippen molar-refractivity contribution in [3.63, 3.8) is 0 Å². The van der Waals surface area contributed by atoms with Crippen LogP contribution in [0.3, 0.4) is 0 Å². The van der Waals surface area contributed by atoms with E-state index in [1.54, 1.807) is 0 Å². The monoisotopic (exact) mass is 229 g/mol. The van der Waals surface area contributed by atoms with E-state index >= 15 is 0 Å². The Labute approximate surface area is 97.2 Å². The molecule has 0 aliphatic carbocycles. The number of rotatable bonds is 5. The summed E-state index contributed by atoms with van der Waals surface area (Å²) in [5.41, 5.74) is 0. The van der Waals surface area contributed by atoms with Crippen LogP contribution in [0.15, 0.2) is 0 Å². The first-order chi connectivity index (χ1) is 7.63. The van der Waals surface area contributed by atoms with E-state index in [0.29, 0.717) is 6.54 Å². The van der Waals surface area contributed by atoms with Crippen LogP contribution in [-0.4, -0.2) is 61.3 Å². The highest BCUT2D eigenvalue weighted by molar-refractivity contribution is 5.78. The van der Waals surface area contributed by atoms with Crippen LogP contribution in [0.5, 0.6) is 0 Å². The Morgan fingerprint density at radius 2 is 2.06 bits per heavy atom. The second-order valence-corrected chi connectivity index (χ2v) is 4.54. The summed E-state index contributed by atoms with van der Waals surface area (Å²) >= 11 is 0. The van der Waals surface area contributed by atoms with Crippen molar-refractivity contribution >= 4 is 5.91 Å². The number of hydrogen-bond acceptors (Lipinski definition) is 4. The lowest BCUT2D eigenvalue weighted by molar-refractivity contribution is -0.123. The fourth-order valence-corrected chi connectivity index (χ4v) is 1.67. The lowest BCUT2D eigenvalue weighted by Gasteiger charge is -2.27. The molecule has 1 fully saturated rings. The summed E-state index contributed by atoms with van der Waals surface area (Å²) in [7, 11) is 0. The Bertz CT molecular complexity index is 211. The smallest absolute Gasteiger partial charge is 0.234 e. The van der Waals surface area contributed by atoms with Gasteiger partial charge in [-0.3, -0.25) is 9.69 Å². The predicted octanol–water partition coefficient (Wildman–Crippen LogP) is -0.975.